The van der Waals surface area contributed by atoms with Crippen molar-refractivity contribution in [1.82, 2.24) is 9.55 Å². The number of ether oxygens (including phenoxy) is 1. The van der Waals surface area contributed by atoms with E-state index in [-0.39, 0.29) is 12.3 Å². The number of imidazole rings is 1. The zero-order valence-corrected chi connectivity index (χ0v) is 16.6. The highest BCUT2D eigenvalue weighted by Crippen LogP contribution is 2.17. The van der Waals surface area contributed by atoms with Crippen LogP contribution in [-0.4, -0.2) is 28.0 Å². The van der Waals surface area contributed by atoms with Gasteiger partial charge < -0.3 is 15.0 Å². The lowest BCUT2D eigenvalue weighted by atomic mass is 10.0. The summed E-state index contributed by atoms with van der Waals surface area (Å²) in [6, 6.07) is 13.9. The van der Waals surface area contributed by atoms with Crippen LogP contribution in [0.15, 0.2) is 59.5 Å². The Morgan fingerprint density at radius 2 is 1.72 bits per heavy atom. The largest absolute Gasteiger partial charge is 0.452 e. The third-order valence-corrected chi connectivity index (χ3v) is 4.52. The zero-order valence-electron chi connectivity index (χ0n) is 16.6. The summed E-state index contributed by atoms with van der Waals surface area (Å²) >= 11 is 0. The van der Waals surface area contributed by atoms with Gasteiger partial charge in [0.05, 0.1) is 11.3 Å². The van der Waals surface area contributed by atoms with Crippen molar-refractivity contribution in [3.05, 3.63) is 82.0 Å². The highest BCUT2D eigenvalue weighted by molar-refractivity contribution is 5.95. The minimum Gasteiger partial charge on any atom is -0.452 e. The number of rotatable bonds is 6. The van der Waals surface area contributed by atoms with E-state index in [9.17, 15) is 14.4 Å². The number of amides is 1. The van der Waals surface area contributed by atoms with E-state index in [2.05, 4.69) is 24.1 Å². The average molecular weight is 393 g/mol. The topological polar surface area (TPSA) is 93.2 Å². The average Bonchev–Trinajstić information content (AvgIpc) is 3.05. The number of nitrogens with zero attached hydrogens (tertiary/aromatic N) is 1. The summed E-state index contributed by atoms with van der Waals surface area (Å²) in [6.45, 7) is 5.60. The van der Waals surface area contributed by atoms with Crippen LogP contribution in [0.4, 0.5) is 5.69 Å². The molecule has 3 rings (SSSR count). The summed E-state index contributed by atoms with van der Waals surface area (Å²) in [6.07, 6.45) is 1.61. The molecule has 0 bridgehead atoms. The molecule has 2 N–H and O–H groups in total. The molecule has 0 radical (unpaired) electrons. The van der Waals surface area contributed by atoms with Crippen LogP contribution in [0.1, 0.15) is 41.4 Å². The molecule has 2 aromatic carbocycles. The van der Waals surface area contributed by atoms with Crippen molar-refractivity contribution >= 4 is 17.6 Å². The molecule has 150 valence electrons. The van der Waals surface area contributed by atoms with Crippen molar-refractivity contribution in [2.45, 2.75) is 26.7 Å². The number of H-pyrrole nitrogens is 1. The number of aromatic nitrogens is 2. The molecule has 0 unspecified atom stereocenters. The first-order valence-electron chi connectivity index (χ1n) is 9.29. The molecule has 0 saturated carbocycles. The molecule has 0 aliphatic heterocycles. The lowest BCUT2D eigenvalue weighted by Gasteiger charge is -2.09. The standard InChI is InChI=1S/C22H23N3O4/c1-14(2)16-4-8-18(9-5-16)24-20(26)13-29-21(27)17-6-10-19(11-7-17)25-15(3)12-23-22(25)28/h4-12,14H,13H2,1-3H3,(H,23,28)(H,24,26). The van der Waals surface area contributed by atoms with Gasteiger partial charge in [0.15, 0.2) is 6.61 Å². The first-order chi connectivity index (χ1) is 13.8. The van der Waals surface area contributed by atoms with Gasteiger partial charge in [-0.05, 0) is 54.8 Å². The first kappa shape index (κ1) is 20.1. The van der Waals surface area contributed by atoms with Crippen LogP contribution in [0.25, 0.3) is 5.69 Å². The summed E-state index contributed by atoms with van der Waals surface area (Å²) < 4.78 is 6.57. The summed E-state index contributed by atoms with van der Waals surface area (Å²) in [5, 5.41) is 2.70. The Kier molecular flexibility index (Phi) is 5.97. The van der Waals surface area contributed by atoms with Crippen molar-refractivity contribution in [2.75, 3.05) is 11.9 Å². The smallest absolute Gasteiger partial charge is 0.338 e. The number of benzene rings is 2. The lowest BCUT2D eigenvalue weighted by Crippen LogP contribution is -2.21. The van der Waals surface area contributed by atoms with Crippen molar-refractivity contribution in [2.24, 2.45) is 0 Å². The van der Waals surface area contributed by atoms with E-state index in [0.717, 1.165) is 5.69 Å². The second-order valence-corrected chi connectivity index (χ2v) is 7.02. The zero-order chi connectivity index (χ0) is 21.0. The maximum absolute atomic E-state index is 12.2. The Morgan fingerprint density at radius 1 is 1.07 bits per heavy atom. The maximum atomic E-state index is 12.2. The summed E-state index contributed by atoms with van der Waals surface area (Å²) in [7, 11) is 0. The van der Waals surface area contributed by atoms with E-state index in [1.165, 1.54) is 10.1 Å². The number of carbonyl (C=O) groups excluding carboxylic acids is 2. The Bertz CT molecular complexity index is 1060. The van der Waals surface area contributed by atoms with Crippen LogP contribution in [0, 0.1) is 6.92 Å². The molecule has 7 heteroatoms. The monoisotopic (exact) mass is 393 g/mol. The fourth-order valence-electron chi connectivity index (χ4n) is 2.89. The fraction of sp³-hybridized carbons (Fsp3) is 0.227. The Morgan fingerprint density at radius 3 is 2.28 bits per heavy atom. The Hall–Kier alpha value is -3.61. The fourth-order valence-corrected chi connectivity index (χ4v) is 2.89. The van der Waals surface area contributed by atoms with Crippen molar-refractivity contribution in [1.29, 1.82) is 0 Å². The van der Waals surface area contributed by atoms with Crippen LogP contribution >= 0.6 is 0 Å². The minimum atomic E-state index is -0.611. The third-order valence-electron chi connectivity index (χ3n) is 4.52. The molecule has 0 atom stereocenters. The van der Waals surface area contributed by atoms with Gasteiger partial charge in [0.1, 0.15) is 0 Å². The number of hydrogen-bond donors (Lipinski definition) is 2. The maximum Gasteiger partial charge on any atom is 0.338 e. The molecule has 0 spiro atoms. The highest BCUT2D eigenvalue weighted by Gasteiger charge is 2.12. The van der Waals surface area contributed by atoms with Gasteiger partial charge in [-0.3, -0.25) is 9.36 Å². The van der Waals surface area contributed by atoms with E-state index in [0.29, 0.717) is 22.9 Å². The molecule has 0 aliphatic rings. The minimum absolute atomic E-state index is 0.254. The van der Waals surface area contributed by atoms with E-state index in [1.54, 1.807) is 37.4 Å². The second kappa shape index (κ2) is 8.60. The lowest BCUT2D eigenvalue weighted by molar-refractivity contribution is -0.119. The predicted molar refractivity (Wildman–Crippen MR) is 111 cm³/mol. The van der Waals surface area contributed by atoms with E-state index >= 15 is 0 Å². The molecule has 7 nitrogen and oxygen atoms in total. The summed E-state index contributed by atoms with van der Waals surface area (Å²) in [5.41, 5.74) is 3.25. The van der Waals surface area contributed by atoms with Crippen molar-refractivity contribution < 1.29 is 14.3 Å². The summed E-state index contributed by atoms with van der Waals surface area (Å²) in [5.74, 6) is -0.617. The molecule has 1 amide bonds. The number of nitrogens with one attached hydrogen (secondary N) is 2. The second-order valence-electron chi connectivity index (χ2n) is 7.02. The molecule has 3 aromatic rings. The van der Waals surface area contributed by atoms with Gasteiger partial charge in [-0.25, -0.2) is 9.59 Å². The molecule has 0 aliphatic carbocycles. The molecule has 0 fully saturated rings. The number of esters is 1. The predicted octanol–water partition coefficient (Wildman–Crippen LogP) is 3.39. The van der Waals surface area contributed by atoms with Crippen molar-refractivity contribution in [3.8, 4) is 5.69 Å². The van der Waals surface area contributed by atoms with Crippen LogP contribution in [0.2, 0.25) is 0 Å². The third kappa shape index (κ3) is 4.82. The highest BCUT2D eigenvalue weighted by atomic mass is 16.5. The number of anilines is 1. The number of hydrogen-bond acceptors (Lipinski definition) is 4. The molecule has 1 aromatic heterocycles. The van der Waals surface area contributed by atoms with Crippen LogP contribution < -0.4 is 11.0 Å². The molecular formula is C22H23N3O4. The van der Waals surface area contributed by atoms with Gasteiger partial charge in [0.2, 0.25) is 0 Å². The first-order valence-corrected chi connectivity index (χ1v) is 9.29. The van der Waals surface area contributed by atoms with Crippen LogP contribution in [-0.2, 0) is 9.53 Å². The van der Waals surface area contributed by atoms with Crippen LogP contribution in [0.3, 0.4) is 0 Å². The summed E-state index contributed by atoms with van der Waals surface area (Å²) in [4.78, 5) is 38.6. The van der Waals surface area contributed by atoms with Crippen molar-refractivity contribution in [3.63, 3.8) is 0 Å². The van der Waals surface area contributed by atoms with Gasteiger partial charge >= 0.3 is 11.7 Å². The van der Waals surface area contributed by atoms with Gasteiger partial charge in [0.25, 0.3) is 5.91 Å². The Labute approximate surface area is 168 Å². The number of carbonyl (C=O) groups is 2. The molecule has 1 heterocycles. The van der Waals surface area contributed by atoms with Gasteiger partial charge in [-0.1, -0.05) is 26.0 Å². The SMILES string of the molecule is Cc1c[nH]c(=O)n1-c1ccc(C(=O)OCC(=O)Nc2ccc(C(C)C)cc2)cc1. The molecular weight excluding hydrogens is 370 g/mol. The van der Waals surface area contributed by atoms with Gasteiger partial charge in [-0.2, -0.15) is 0 Å². The van der Waals surface area contributed by atoms with E-state index in [1.807, 2.05) is 24.3 Å². The Balaban J connectivity index is 1.56. The molecule has 29 heavy (non-hydrogen) atoms. The number of aryl methyl sites for hydroxylation is 1. The van der Waals surface area contributed by atoms with Crippen LogP contribution in [0.5, 0.6) is 0 Å². The number of aromatic amines is 1. The van der Waals surface area contributed by atoms with E-state index in [4.69, 9.17) is 4.74 Å². The van der Waals surface area contributed by atoms with Gasteiger partial charge in [-0.15, -0.1) is 0 Å². The molecule has 0 saturated heterocycles. The van der Waals surface area contributed by atoms with Gasteiger partial charge in [0, 0.05) is 17.6 Å². The van der Waals surface area contributed by atoms with E-state index < -0.39 is 11.9 Å². The normalized spacial score (nSPS) is 10.8. The quantitative estimate of drug-likeness (QED) is 0.628.